The average molecular weight is 281 g/mol. The number of nitrogens with zero attached hydrogens (tertiary/aromatic N) is 1. The third-order valence-corrected chi connectivity index (χ3v) is 5.99. The minimum absolute atomic E-state index is 0.368. The lowest BCUT2D eigenvalue weighted by molar-refractivity contribution is 0.596. The van der Waals surface area contributed by atoms with Gasteiger partial charge < -0.3 is 0 Å². The number of anilines is 1. The molecule has 18 heavy (non-hydrogen) atoms. The van der Waals surface area contributed by atoms with E-state index in [2.05, 4.69) is 0 Å². The highest BCUT2D eigenvalue weighted by Gasteiger charge is 2.24. The summed E-state index contributed by atoms with van der Waals surface area (Å²) in [5.74, 6) is 0. The van der Waals surface area contributed by atoms with Crippen molar-refractivity contribution in [2.24, 2.45) is 0 Å². The van der Waals surface area contributed by atoms with Gasteiger partial charge in [-0.05, 0) is 36.4 Å². The Balaban J connectivity index is 2.53. The molecule has 0 saturated heterocycles. The Bertz CT molecular complexity index is 625. The van der Waals surface area contributed by atoms with Crippen LogP contribution >= 0.6 is 11.3 Å². The summed E-state index contributed by atoms with van der Waals surface area (Å²) in [6, 6.07) is 9.14. The molecule has 96 valence electrons. The molecule has 2 rings (SSSR count). The molecule has 2 aromatic rings. The van der Waals surface area contributed by atoms with Crippen molar-refractivity contribution >= 4 is 27.0 Å². The molecule has 0 saturated carbocycles. The molecule has 0 amide bonds. The molecule has 0 aliphatic heterocycles. The van der Waals surface area contributed by atoms with Gasteiger partial charge in [-0.15, -0.1) is 11.3 Å². The van der Waals surface area contributed by atoms with E-state index in [1.807, 2.05) is 32.0 Å². The first kappa shape index (κ1) is 13.1. The largest absolute Gasteiger partial charge is 0.273 e. The molecule has 0 fully saturated rings. The maximum Gasteiger partial charge on any atom is 0.273 e. The van der Waals surface area contributed by atoms with E-state index in [1.165, 1.54) is 15.6 Å². The maximum atomic E-state index is 12.4. The number of para-hydroxylation sites is 1. The molecule has 0 N–H and O–H groups in total. The second kappa shape index (κ2) is 4.74. The topological polar surface area (TPSA) is 37.4 Å². The Hall–Kier alpha value is -1.33. The molecule has 0 spiro atoms. The van der Waals surface area contributed by atoms with E-state index in [9.17, 15) is 8.42 Å². The summed E-state index contributed by atoms with van der Waals surface area (Å²) in [6.07, 6.45) is 0. The van der Waals surface area contributed by atoms with Crippen LogP contribution in [0.2, 0.25) is 0 Å². The molecule has 0 unspecified atom stereocenters. The second-order valence-electron chi connectivity index (χ2n) is 4.15. The molecule has 1 heterocycles. The fraction of sp³-hybridized carbons (Fsp3) is 0.231. The Labute approximate surface area is 112 Å². The molecule has 0 aliphatic rings. The molecular formula is C13H15NO2S2. The van der Waals surface area contributed by atoms with Gasteiger partial charge in [0.25, 0.3) is 10.0 Å². The zero-order chi connectivity index (χ0) is 13.3. The average Bonchev–Trinajstić information content (AvgIpc) is 2.82. The van der Waals surface area contributed by atoms with E-state index >= 15 is 0 Å². The number of benzene rings is 1. The van der Waals surface area contributed by atoms with Gasteiger partial charge in [0, 0.05) is 7.05 Å². The van der Waals surface area contributed by atoms with Crippen LogP contribution in [0.1, 0.15) is 11.1 Å². The van der Waals surface area contributed by atoms with Crippen LogP contribution in [0.25, 0.3) is 0 Å². The van der Waals surface area contributed by atoms with E-state index < -0.39 is 10.0 Å². The van der Waals surface area contributed by atoms with E-state index in [0.29, 0.717) is 4.21 Å². The van der Waals surface area contributed by atoms with Crippen molar-refractivity contribution in [3.05, 3.63) is 46.8 Å². The number of hydrogen-bond acceptors (Lipinski definition) is 3. The van der Waals surface area contributed by atoms with Gasteiger partial charge in [-0.3, -0.25) is 4.31 Å². The van der Waals surface area contributed by atoms with E-state index in [4.69, 9.17) is 0 Å². The number of sulfonamides is 1. The molecule has 5 heteroatoms. The van der Waals surface area contributed by atoms with Gasteiger partial charge >= 0.3 is 0 Å². The van der Waals surface area contributed by atoms with Crippen LogP contribution in [0.5, 0.6) is 0 Å². The lowest BCUT2D eigenvalue weighted by atomic mass is 10.1. The van der Waals surface area contributed by atoms with Crippen LogP contribution in [0.4, 0.5) is 5.69 Å². The third kappa shape index (κ3) is 2.15. The van der Waals surface area contributed by atoms with Crippen LogP contribution in [0, 0.1) is 13.8 Å². The zero-order valence-corrected chi connectivity index (χ0v) is 12.2. The summed E-state index contributed by atoms with van der Waals surface area (Å²) in [5, 5.41) is 1.77. The summed E-state index contributed by atoms with van der Waals surface area (Å²) in [7, 11) is -1.84. The number of thiophene rings is 1. The minimum atomic E-state index is -3.44. The Morgan fingerprint density at radius 3 is 2.17 bits per heavy atom. The maximum absolute atomic E-state index is 12.4. The SMILES string of the molecule is Cc1cccc(C)c1N(C)S(=O)(=O)c1cccs1. The molecule has 0 atom stereocenters. The first-order valence-corrected chi connectivity index (χ1v) is 7.85. The molecule has 0 bridgehead atoms. The predicted octanol–water partition coefficient (Wildman–Crippen LogP) is 3.19. The van der Waals surface area contributed by atoms with Gasteiger partial charge in [0.1, 0.15) is 4.21 Å². The van der Waals surface area contributed by atoms with E-state index in [0.717, 1.165) is 16.8 Å². The molecule has 3 nitrogen and oxygen atoms in total. The number of rotatable bonds is 3. The van der Waals surface area contributed by atoms with Crippen molar-refractivity contribution in [3.63, 3.8) is 0 Å². The van der Waals surface area contributed by atoms with Gasteiger partial charge in [0.2, 0.25) is 0 Å². The van der Waals surface area contributed by atoms with E-state index in [1.54, 1.807) is 24.6 Å². The quantitative estimate of drug-likeness (QED) is 0.866. The Kier molecular flexibility index (Phi) is 3.45. The van der Waals surface area contributed by atoms with Gasteiger partial charge in [-0.2, -0.15) is 0 Å². The standard InChI is InChI=1S/C13H15NO2S2/c1-10-6-4-7-11(2)13(10)14(3)18(15,16)12-8-5-9-17-12/h4-9H,1-3H3. The normalized spacial score (nSPS) is 11.5. The highest BCUT2D eigenvalue weighted by atomic mass is 32.2. The van der Waals surface area contributed by atoms with Crippen LogP contribution in [0.15, 0.2) is 39.9 Å². The summed E-state index contributed by atoms with van der Waals surface area (Å²) in [6.45, 7) is 3.84. The first-order chi connectivity index (χ1) is 8.44. The molecular weight excluding hydrogens is 266 g/mol. The first-order valence-electron chi connectivity index (χ1n) is 5.53. The lowest BCUT2D eigenvalue weighted by Gasteiger charge is -2.22. The van der Waals surface area contributed by atoms with Gasteiger partial charge in [-0.25, -0.2) is 8.42 Å². The Morgan fingerprint density at radius 1 is 1.06 bits per heavy atom. The molecule has 0 aliphatic carbocycles. The molecule has 1 aromatic carbocycles. The molecule has 0 radical (unpaired) electrons. The van der Waals surface area contributed by atoms with Crippen LogP contribution in [-0.2, 0) is 10.0 Å². The number of aryl methyl sites for hydroxylation is 2. The van der Waals surface area contributed by atoms with Crippen molar-refractivity contribution in [2.45, 2.75) is 18.1 Å². The molecule has 1 aromatic heterocycles. The van der Waals surface area contributed by atoms with Crippen LogP contribution in [-0.4, -0.2) is 15.5 Å². The van der Waals surface area contributed by atoms with Gasteiger partial charge in [0.05, 0.1) is 5.69 Å². The predicted molar refractivity (Wildman–Crippen MR) is 75.8 cm³/mol. The summed E-state index contributed by atoms with van der Waals surface area (Å²) >= 11 is 1.23. The van der Waals surface area contributed by atoms with Gasteiger partial charge in [-0.1, -0.05) is 24.3 Å². The second-order valence-corrected chi connectivity index (χ2v) is 7.29. The summed E-state index contributed by atoms with van der Waals surface area (Å²) < 4.78 is 26.6. The fourth-order valence-electron chi connectivity index (χ4n) is 1.97. The van der Waals surface area contributed by atoms with Gasteiger partial charge in [0.15, 0.2) is 0 Å². The summed E-state index contributed by atoms with van der Waals surface area (Å²) in [4.78, 5) is 0. The van der Waals surface area contributed by atoms with E-state index in [-0.39, 0.29) is 0 Å². The number of hydrogen-bond donors (Lipinski definition) is 0. The monoisotopic (exact) mass is 281 g/mol. The van der Waals surface area contributed by atoms with Crippen molar-refractivity contribution in [1.82, 2.24) is 0 Å². The van der Waals surface area contributed by atoms with Crippen molar-refractivity contribution in [1.29, 1.82) is 0 Å². The van der Waals surface area contributed by atoms with Crippen LogP contribution in [0.3, 0.4) is 0 Å². The van der Waals surface area contributed by atoms with Crippen molar-refractivity contribution < 1.29 is 8.42 Å². The highest BCUT2D eigenvalue weighted by molar-refractivity contribution is 7.94. The lowest BCUT2D eigenvalue weighted by Crippen LogP contribution is -2.27. The van der Waals surface area contributed by atoms with Crippen LogP contribution < -0.4 is 4.31 Å². The van der Waals surface area contributed by atoms with Crippen molar-refractivity contribution in [3.8, 4) is 0 Å². The highest BCUT2D eigenvalue weighted by Crippen LogP contribution is 2.29. The zero-order valence-electron chi connectivity index (χ0n) is 10.5. The Morgan fingerprint density at radius 2 is 1.67 bits per heavy atom. The minimum Gasteiger partial charge on any atom is -0.268 e. The fourth-order valence-corrected chi connectivity index (χ4v) is 4.45. The summed E-state index contributed by atoms with van der Waals surface area (Å²) in [5.41, 5.74) is 2.67. The third-order valence-electron chi connectivity index (χ3n) is 2.86. The van der Waals surface area contributed by atoms with Crippen molar-refractivity contribution in [2.75, 3.05) is 11.4 Å². The smallest absolute Gasteiger partial charge is 0.268 e.